The number of hydrogen-bond acceptors (Lipinski definition) is 3. The van der Waals surface area contributed by atoms with Crippen molar-refractivity contribution in [2.24, 2.45) is 0 Å². The van der Waals surface area contributed by atoms with Crippen molar-refractivity contribution in [2.45, 2.75) is 38.1 Å². The highest BCUT2D eigenvalue weighted by Crippen LogP contribution is 2.36. The molecule has 1 aromatic heterocycles. The largest absolute Gasteiger partial charge is 0.308 e. The Balaban J connectivity index is 1.85. The van der Waals surface area contributed by atoms with Gasteiger partial charge < -0.3 is 5.32 Å². The minimum atomic E-state index is 0.132. The zero-order chi connectivity index (χ0) is 13.9. The molecule has 1 N–H and O–H groups in total. The Kier molecular flexibility index (Phi) is 3.79. The molecule has 3 heteroatoms. The van der Waals surface area contributed by atoms with Crippen LogP contribution in [-0.4, -0.2) is 17.0 Å². The van der Waals surface area contributed by atoms with E-state index in [0.29, 0.717) is 0 Å². The topological polar surface area (TPSA) is 37.8 Å². The van der Waals surface area contributed by atoms with E-state index < -0.39 is 0 Å². The van der Waals surface area contributed by atoms with Crippen molar-refractivity contribution in [3.63, 3.8) is 0 Å². The summed E-state index contributed by atoms with van der Waals surface area (Å²) in [6.07, 6.45) is 5.90. The average Bonchev–Trinajstić information content (AvgIpc) is 2.40. The minimum absolute atomic E-state index is 0.132. The Morgan fingerprint density at radius 1 is 1.15 bits per heavy atom. The van der Waals surface area contributed by atoms with E-state index in [1.54, 1.807) is 0 Å². The van der Waals surface area contributed by atoms with Crippen LogP contribution in [0.1, 0.15) is 53.9 Å². The molecule has 0 saturated heterocycles. The highest BCUT2D eigenvalue weighted by molar-refractivity contribution is 5.32. The first-order chi connectivity index (χ1) is 9.78. The van der Waals surface area contributed by atoms with E-state index in [1.807, 2.05) is 26.2 Å². The third kappa shape index (κ3) is 2.59. The second-order valence-corrected chi connectivity index (χ2v) is 5.54. The molecule has 3 nitrogen and oxygen atoms in total. The smallest absolute Gasteiger partial charge is 0.125 e. The van der Waals surface area contributed by atoms with Crippen LogP contribution in [0.15, 0.2) is 36.5 Å². The lowest BCUT2D eigenvalue weighted by Gasteiger charge is -2.26. The van der Waals surface area contributed by atoms with Crippen LogP contribution in [0.5, 0.6) is 0 Å². The Bertz CT molecular complexity index is 573. The molecule has 0 bridgehead atoms. The van der Waals surface area contributed by atoms with Gasteiger partial charge in [-0.3, -0.25) is 0 Å². The number of aryl methyl sites for hydroxylation is 1. The number of benzene rings is 1. The molecular weight excluding hydrogens is 246 g/mol. The molecule has 1 heterocycles. The molecule has 3 rings (SSSR count). The fraction of sp³-hybridized carbons (Fsp3) is 0.412. The van der Waals surface area contributed by atoms with Crippen molar-refractivity contribution < 1.29 is 0 Å². The van der Waals surface area contributed by atoms with Gasteiger partial charge >= 0.3 is 0 Å². The van der Waals surface area contributed by atoms with E-state index >= 15 is 0 Å². The lowest BCUT2D eigenvalue weighted by atomic mass is 9.80. The van der Waals surface area contributed by atoms with Crippen LogP contribution in [0.3, 0.4) is 0 Å². The molecule has 1 atom stereocenters. The maximum Gasteiger partial charge on any atom is 0.125 e. The van der Waals surface area contributed by atoms with Crippen LogP contribution in [0, 0.1) is 6.92 Å². The Morgan fingerprint density at radius 2 is 1.90 bits per heavy atom. The predicted octanol–water partition coefficient (Wildman–Crippen LogP) is 3.36. The molecule has 0 spiro atoms. The van der Waals surface area contributed by atoms with Crippen molar-refractivity contribution in [3.05, 3.63) is 59.2 Å². The van der Waals surface area contributed by atoms with Gasteiger partial charge in [-0.1, -0.05) is 30.7 Å². The number of hydrogen-bond donors (Lipinski definition) is 1. The van der Waals surface area contributed by atoms with E-state index in [9.17, 15) is 0 Å². The number of aromatic nitrogens is 2. The lowest BCUT2D eigenvalue weighted by Crippen LogP contribution is -2.19. The summed E-state index contributed by atoms with van der Waals surface area (Å²) in [7, 11) is 1.97. The van der Waals surface area contributed by atoms with Crippen LogP contribution >= 0.6 is 0 Å². The van der Waals surface area contributed by atoms with Crippen molar-refractivity contribution in [2.75, 3.05) is 7.05 Å². The maximum absolute atomic E-state index is 4.53. The van der Waals surface area contributed by atoms with Crippen LogP contribution in [-0.2, 0) is 0 Å². The third-order valence-electron chi connectivity index (χ3n) is 4.23. The van der Waals surface area contributed by atoms with E-state index in [0.717, 1.165) is 17.4 Å². The van der Waals surface area contributed by atoms with Gasteiger partial charge in [0.1, 0.15) is 5.82 Å². The molecule has 104 valence electrons. The van der Waals surface area contributed by atoms with Gasteiger partial charge in [-0.15, -0.1) is 0 Å². The highest BCUT2D eigenvalue weighted by Gasteiger charge is 2.20. The minimum Gasteiger partial charge on any atom is -0.308 e. The summed E-state index contributed by atoms with van der Waals surface area (Å²) < 4.78 is 0. The summed E-state index contributed by atoms with van der Waals surface area (Å²) in [4.78, 5) is 8.70. The van der Waals surface area contributed by atoms with Gasteiger partial charge in [-0.05, 0) is 49.9 Å². The highest BCUT2D eigenvalue weighted by atomic mass is 14.9. The first-order valence-corrected chi connectivity index (χ1v) is 7.34. The monoisotopic (exact) mass is 267 g/mol. The molecule has 0 aliphatic heterocycles. The number of nitrogens with one attached hydrogen (secondary N) is 1. The Morgan fingerprint density at radius 3 is 2.45 bits per heavy atom. The van der Waals surface area contributed by atoms with Crippen LogP contribution < -0.4 is 5.32 Å². The summed E-state index contributed by atoms with van der Waals surface area (Å²) >= 11 is 0. The van der Waals surface area contributed by atoms with Crippen molar-refractivity contribution in [3.8, 4) is 0 Å². The van der Waals surface area contributed by atoms with Crippen molar-refractivity contribution in [1.29, 1.82) is 0 Å². The molecule has 1 unspecified atom stereocenters. The molecule has 1 aliphatic rings. The van der Waals surface area contributed by atoms with Crippen LogP contribution in [0.2, 0.25) is 0 Å². The van der Waals surface area contributed by atoms with E-state index in [-0.39, 0.29) is 6.04 Å². The Hall–Kier alpha value is -1.74. The molecule has 0 amide bonds. The van der Waals surface area contributed by atoms with E-state index in [1.165, 1.54) is 30.4 Å². The second kappa shape index (κ2) is 5.71. The number of rotatable bonds is 4. The summed E-state index contributed by atoms with van der Waals surface area (Å²) in [5, 5.41) is 3.35. The average molecular weight is 267 g/mol. The quantitative estimate of drug-likeness (QED) is 0.923. The summed E-state index contributed by atoms with van der Waals surface area (Å²) in [5.74, 6) is 1.60. The summed E-state index contributed by atoms with van der Waals surface area (Å²) in [6.45, 7) is 1.93. The fourth-order valence-corrected chi connectivity index (χ4v) is 2.82. The summed E-state index contributed by atoms with van der Waals surface area (Å²) in [5.41, 5.74) is 3.76. The first-order valence-electron chi connectivity index (χ1n) is 7.34. The Labute approximate surface area is 120 Å². The molecule has 1 aliphatic carbocycles. The van der Waals surface area contributed by atoms with Gasteiger partial charge in [0.2, 0.25) is 0 Å². The van der Waals surface area contributed by atoms with Gasteiger partial charge in [0, 0.05) is 6.20 Å². The van der Waals surface area contributed by atoms with Gasteiger partial charge in [-0.2, -0.15) is 0 Å². The molecule has 2 aromatic rings. The normalized spacial score (nSPS) is 16.7. The van der Waals surface area contributed by atoms with Crippen LogP contribution in [0.25, 0.3) is 0 Å². The standard InChI is InChI=1S/C17H21N3/c1-12-19-11-10-16(20-12)17(18-2)15-8-6-14(7-9-15)13-4-3-5-13/h6-11,13,17-18H,3-5H2,1-2H3. The SMILES string of the molecule is CNC(c1ccc(C2CCC2)cc1)c1ccnc(C)n1. The van der Waals surface area contributed by atoms with Gasteiger partial charge in [0.15, 0.2) is 0 Å². The number of nitrogens with zero attached hydrogens (tertiary/aromatic N) is 2. The van der Waals surface area contributed by atoms with Crippen molar-refractivity contribution >= 4 is 0 Å². The van der Waals surface area contributed by atoms with Crippen LogP contribution in [0.4, 0.5) is 0 Å². The molecule has 1 saturated carbocycles. The first kappa shape index (κ1) is 13.3. The third-order valence-corrected chi connectivity index (χ3v) is 4.23. The molecular formula is C17H21N3. The van der Waals surface area contributed by atoms with Crippen molar-refractivity contribution in [1.82, 2.24) is 15.3 Å². The van der Waals surface area contributed by atoms with Gasteiger partial charge in [-0.25, -0.2) is 9.97 Å². The van der Waals surface area contributed by atoms with E-state index in [4.69, 9.17) is 0 Å². The van der Waals surface area contributed by atoms with E-state index in [2.05, 4.69) is 39.6 Å². The maximum atomic E-state index is 4.53. The fourth-order valence-electron chi connectivity index (χ4n) is 2.82. The van der Waals surface area contributed by atoms with Gasteiger partial charge in [0.25, 0.3) is 0 Å². The zero-order valence-corrected chi connectivity index (χ0v) is 12.1. The second-order valence-electron chi connectivity index (χ2n) is 5.54. The predicted molar refractivity (Wildman–Crippen MR) is 80.7 cm³/mol. The molecule has 1 aromatic carbocycles. The molecule has 20 heavy (non-hydrogen) atoms. The molecule has 0 radical (unpaired) electrons. The summed E-state index contributed by atoms with van der Waals surface area (Å²) in [6, 6.07) is 11.1. The lowest BCUT2D eigenvalue weighted by molar-refractivity contribution is 0.419. The molecule has 1 fully saturated rings. The zero-order valence-electron chi connectivity index (χ0n) is 12.1. The van der Waals surface area contributed by atoms with Gasteiger partial charge in [0.05, 0.1) is 11.7 Å².